The Kier molecular flexibility index (Phi) is 3.49. The summed E-state index contributed by atoms with van der Waals surface area (Å²) in [5.74, 6) is -1.23. The molecule has 2 rings (SSSR count). The van der Waals surface area contributed by atoms with Crippen molar-refractivity contribution in [1.29, 1.82) is 0 Å². The summed E-state index contributed by atoms with van der Waals surface area (Å²) in [5, 5.41) is 2.07. The highest BCUT2D eigenvalue weighted by atomic mass is 32.2. The smallest absolute Gasteiger partial charge is 0.244 e. The van der Waals surface area contributed by atoms with E-state index in [4.69, 9.17) is 5.73 Å². The fourth-order valence-electron chi connectivity index (χ4n) is 1.69. The van der Waals surface area contributed by atoms with Crippen LogP contribution in [0.3, 0.4) is 0 Å². The van der Waals surface area contributed by atoms with E-state index in [2.05, 4.69) is 15.0 Å². The minimum absolute atomic E-state index is 0.0848. The number of nitrogens with zero attached hydrogens (tertiary/aromatic N) is 1. The molecule has 1 unspecified atom stereocenters. The maximum Gasteiger partial charge on any atom is 0.244 e. The van der Waals surface area contributed by atoms with Crippen molar-refractivity contribution in [2.75, 3.05) is 5.73 Å². The summed E-state index contributed by atoms with van der Waals surface area (Å²) in [6, 6.07) is 1.73. The zero-order chi connectivity index (χ0) is 14.0. The van der Waals surface area contributed by atoms with Crippen LogP contribution in [0.1, 0.15) is 12.8 Å². The summed E-state index contributed by atoms with van der Waals surface area (Å²) >= 11 is 0. The van der Waals surface area contributed by atoms with E-state index in [0.29, 0.717) is 0 Å². The number of nitrogen functional groups attached to an aromatic ring is 1. The van der Waals surface area contributed by atoms with Crippen molar-refractivity contribution in [3.05, 3.63) is 18.3 Å². The number of amides is 2. The molecule has 1 aliphatic heterocycles. The highest BCUT2D eigenvalue weighted by molar-refractivity contribution is 7.89. The Morgan fingerprint density at radius 2 is 2.16 bits per heavy atom. The molecule has 1 atom stereocenters. The van der Waals surface area contributed by atoms with E-state index in [0.717, 1.165) is 0 Å². The molecule has 1 fully saturated rings. The predicted molar refractivity (Wildman–Crippen MR) is 65.1 cm³/mol. The van der Waals surface area contributed by atoms with E-state index in [-0.39, 0.29) is 23.6 Å². The highest BCUT2D eigenvalue weighted by Gasteiger charge is 2.31. The standard InChI is InChI=1S/C10H12N4O4S/c11-9-7(2-1-5-12-9)19(17,18)14-6-3-4-8(15)13-10(6)16/h1-2,5-6,14H,3-4H2,(H2,11,12)(H,13,15,16). The molecule has 2 amide bonds. The van der Waals surface area contributed by atoms with Crippen molar-refractivity contribution >= 4 is 27.7 Å². The first-order valence-corrected chi connectivity index (χ1v) is 6.95. The number of nitrogens with two attached hydrogens (primary N) is 1. The minimum Gasteiger partial charge on any atom is -0.383 e. The summed E-state index contributed by atoms with van der Waals surface area (Å²) in [6.45, 7) is 0. The van der Waals surface area contributed by atoms with Gasteiger partial charge in [-0.05, 0) is 18.6 Å². The molecule has 4 N–H and O–H groups in total. The topological polar surface area (TPSA) is 131 Å². The summed E-state index contributed by atoms with van der Waals surface area (Å²) in [7, 11) is -3.95. The van der Waals surface area contributed by atoms with Gasteiger partial charge in [-0.15, -0.1) is 0 Å². The molecule has 0 saturated carbocycles. The lowest BCUT2D eigenvalue weighted by atomic mass is 10.1. The number of piperidine rings is 1. The molecular weight excluding hydrogens is 272 g/mol. The Morgan fingerprint density at radius 3 is 2.79 bits per heavy atom. The number of imide groups is 1. The molecule has 8 nitrogen and oxygen atoms in total. The fraction of sp³-hybridized carbons (Fsp3) is 0.300. The van der Waals surface area contributed by atoms with Crippen LogP contribution in [0.4, 0.5) is 5.82 Å². The van der Waals surface area contributed by atoms with Gasteiger partial charge in [0.1, 0.15) is 16.8 Å². The van der Waals surface area contributed by atoms with Gasteiger partial charge in [0.25, 0.3) is 0 Å². The van der Waals surface area contributed by atoms with Gasteiger partial charge in [0.2, 0.25) is 21.8 Å². The number of pyridine rings is 1. The summed E-state index contributed by atoms with van der Waals surface area (Å²) in [5.41, 5.74) is 5.48. The van der Waals surface area contributed by atoms with Crippen LogP contribution in [0.2, 0.25) is 0 Å². The molecule has 1 aromatic rings. The number of anilines is 1. The first-order valence-electron chi connectivity index (χ1n) is 5.46. The number of carbonyl (C=O) groups excluding carboxylic acids is 2. The van der Waals surface area contributed by atoms with Crippen molar-refractivity contribution < 1.29 is 18.0 Å². The quantitative estimate of drug-likeness (QED) is 0.594. The zero-order valence-electron chi connectivity index (χ0n) is 9.79. The molecule has 0 spiro atoms. The van der Waals surface area contributed by atoms with E-state index in [9.17, 15) is 18.0 Å². The van der Waals surface area contributed by atoms with Crippen LogP contribution >= 0.6 is 0 Å². The van der Waals surface area contributed by atoms with Crippen molar-refractivity contribution in [2.45, 2.75) is 23.8 Å². The van der Waals surface area contributed by atoms with Gasteiger partial charge < -0.3 is 5.73 Å². The van der Waals surface area contributed by atoms with Gasteiger partial charge in [-0.1, -0.05) is 0 Å². The maximum atomic E-state index is 12.1. The second-order valence-corrected chi connectivity index (χ2v) is 5.69. The molecule has 1 saturated heterocycles. The van der Waals surface area contributed by atoms with Crippen molar-refractivity contribution in [3.8, 4) is 0 Å². The third-order valence-electron chi connectivity index (χ3n) is 2.63. The Labute approximate surface area is 109 Å². The predicted octanol–water partition coefficient (Wildman–Crippen LogP) is -1.25. The van der Waals surface area contributed by atoms with Crippen LogP contribution in [-0.4, -0.2) is 31.3 Å². The van der Waals surface area contributed by atoms with Gasteiger partial charge in [0.15, 0.2) is 0 Å². The summed E-state index contributed by atoms with van der Waals surface area (Å²) < 4.78 is 26.3. The van der Waals surface area contributed by atoms with Crippen molar-refractivity contribution in [3.63, 3.8) is 0 Å². The first-order chi connectivity index (χ1) is 8.90. The second kappa shape index (κ2) is 4.94. The molecule has 1 aromatic heterocycles. The minimum atomic E-state index is -3.95. The lowest BCUT2D eigenvalue weighted by Gasteiger charge is -2.21. The third-order valence-corrected chi connectivity index (χ3v) is 4.14. The monoisotopic (exact) mass is 284 g/mol. The molecule has 19 heavy (non-hydrogen) atoms. The largest absolute Gasteiger partial charge is 0.383 e. The number of rotatable bonds is 3. The fourth-order valence-corrected chi connectivity index (χ4v) is 3.00. The van der Waals surface area contributed by atoms with Crippen molar-refractivity contribution in [1.82, 2.24) is 15.0 Å². The molecule has 9 heteroatoms. The number of hydrogen-bond donors (Lipinski definition) is 3. The molecule has 0 bridgehead atoms. The van der Waals surface area contributed by atoms with Gasteiger partial charge in [-0.25, -0.2) is 13.4 Å². The lowest BCUT2D eigenvalue weighted by molar-refractivity contribution is -0.134. The number of hydrogen-bond acceptors (Lipinski definition) is 6. The van der Waals surface area contributed by atoms with Crippen LogP contribution in [-0.2, 0) is 19.6 Å². The van der Waals surface area contributed by atoms with Crippen LogP contribution < -0.4 is 15.8 Å². The van der Waals surface area contributed by atoms with Gasteiger partial charge >= 0.3 is 0 Å². The van der Waals surface area contributed by atoms with Crippen LogP contribution in [0, 0.1) is 0 Å². The third kappa shape index (κ3) is 2.88. The number of nitrogens with one attached hydrogen (secondary N) is 2. The molecule has 0 aromatic carbocycles. The van der Waals surface area contributed by atoms with E-state index in [1.165, 1.54) is 18.3 Å². The molecule has 2 heterocycles. The van der Waals surface area contributed by atoms with Crippen LogP contribution in [0.5, 0.6) is 0 Å². The SMILES string of the molecule is Nc1ncccc1S(=O)(=O)NC1CCC(=O)NC1=O. The van der Waals surface area contributed by atoms with E-state index in [1.54, 1.807) is 0 Å². The molecule has 1 aliphatic rings. The average Bonchev–Trinajstić information content (AvgIpc) is 2.33. The first kappa shape index (κ1) is 13.4. The normalized spacial score (nSPS) is 20.1. The molecule has 0 radical (unpaired) electrons. The van der Waals surface area contributed by atoms with E-state index < -0.39 is 27.9 Å². The van der Waals surface area contributed by atoms with Crippen LogP contribution in [0.25, 0.3) is 0 Å². The Bertz CT molecular complexity index is 628. The summed E-state index contributed by atoms with van der Waals surface area (Å²) in [6.07, 6.45) is 1.56. The molecule has 0 aliphatic carbocycles. The highest BCUT2D eigenvalue weighted by Crippen LogP contribution is 2.16. The van der Waals surface area contributed by atoms with Gasteiger partial charge in [-0.3, -0.25) is 14.9 Å². The van der Waals surface area contributed by atoms with E-state index in [1.807, 2.05) is 0 Å². The zero-order valence-corrected chi connectivity index (χ0v) is 10.6. The Morgan fingerprint density at radius 1 is 1.42 bits per heavy atom. The average molecular weight is 284 g/mol. The maximum absolute atomic E-state index is 12.1. The van der Waals surface area contributed by atoms with Gasteiger partial charge in [-0.2, -0.15) is 4.72 Å². The number of carbonyl (C=O) groups is 2. The van der Waals surface area contributed by atoms with Crippen LogP contribution in [0.15, 0.2) is 23.2 Å². The van der Waals surface area contributed by atoms with Gasteiger partial charge in [0.05, 0.1) is 0 Å². The van der Waals surface area contributed by atoms with Crippen molar-refractivity contribution in [2.24, 2.45) is 0 Å². The molecule has 102 valence electrons. The molecular formula is C10H12N4O4S. The lowest BCUT2D eigenvalue weighted by Crippen LogP contribution is -2.52. The number of aromatic nitrogens is 1. The van der Waals surface area contributed by atoms with E-state index >= 15 is 0 Å². The Balaban J connectivity index is 2.21. The van der Waals surface area contributed by atoms with Gasteiger partial charge in [0, 0.05) is 12.6 Å². The second-order valence-electron chi connectivity index (χ2n) is 4.01. The number of sulfonamides is 1. The Hall–Kier alpha value is -2.00. The summed E-state index contributed by atoms with van der Waals surface area (Å²) in [4.78, 5) is 25.9.